The summed E-state index contributed by atoms with van der Waals surface area (Å²) in [5.74, 6) is -1.44. The molecule has 0 saturated carbocycles. The summed E-state index contributed by atoms with van der Waals surface area (Å²) in [4.78, 5) is 12.1. The zero-order valence-electron chi connectivity index (χ0n) is 11.5. The van der Waals surface area contributed by atoms with E-state index in [4.69, 9.17) is 4.74 Å². The minimum atomic E-state index is -0.821. The highest BCUT2D eigenvalue weighted by molar-refractivity contribution is 5.94. The molecule has 0 radical (unpaired) electrons. The molecule has 0 aliphatic carbocycles. The molecule has 0 aliphatic heterocycles. The lowest BCUT2D eigenvalue weighted by Crippen LogP contribution is -2.32. The number of carbonyl (C=O) groups is 1. The first-order chi connectivity index (χ1) is 10.1. The van der Waals surface area contributed by atoms with Crippen molar-refractivity contribution >= 4 is 11.6 Å². The lowest BCUT2D eigenvalue weighted by Gasteiger charge is -2.17. The smallest absolute Gasteiger partial charge is 0.265 e. The summed E-state index contributed by atoms with van der Waals surface area (Å²) in [5, 5.41) is 2.40. The number of nitrogens with one attached hydrogen (secondary N) is 1. The van der Waals surface area contributed by atoms with Crippen molar-refractivity contribution in [3.63, 3.8) is 0 Å². The normalized spacial score (nSPS) is 11.8. The Morgan fingerprint density at radius 1 is 1.19 bits per heavy atom. The largest absolute Gasteiger partial charge is 0.481 e. The van der Waals surface area contributed by atoms with Gasteiger partial charge in [0.2, 0.25) is 0 Å². The van der Waals surface area contributed by atoms with Crippen LogP contribution in [0.15, 0.2) is 48.5 Å². The lowest BCUT2D eigenvalue weighted by molar-refractivity contribution is -0.122. The van der Waals surface area contributed by atoms with Gasteiger partial charge in [-0.15, -0.1) is 0 Å². The summed E-state index contributed by atoms with van der Waals surface area (Å²) in [6.07, 6.45) is -0.333. The van der Waals surface area contributed by atoms with Crippen molar-refractivity contribution in [2.75, 3.05) is 5.32 Å². The van der Waals surface area contributed by atoms with E-state index in [2.05, 4.69) is 5.32 Å². The number of carbonyl (C=O) groups excluding carboxylic acids is 1. The molecule has 2 aromatic carbocycles. The van der Waals surface area contributed by atoms with Gasteiger partial charge >= 0.3 is 0 Å². The quantitative estimate of drug-likeness (QED) is 0.911. The molecular formula is C16H15F2NO2. The predicted octanol–water partition coefficient (Wildman–Crippen LogP) is 3.76. The third-order valence-corrected chi connectivity index (χ3v) is 2.87. The summed E-state index contributed by atoms with van der Waals surface area (Å²) in [6.45, 7) is 1.79. The number of para-hydroxylation sites is 1. The first-order valence-electron chi connectivity index (χ1n) is 6.57. The second-order valence-electron chi connectivity index (χ2n) is 4.44. The topological polar surface area (TPSA) is 38.3 Å². The van der Waals surface area contributed by atoms with E-state index in [-0.39, 0.29) is 5.69 Å². The maximum atomic E-state index is 13.5. The molecule has 0 unspecified atom stereocenters. The Hall–Kier alpha value is -2.43. The van der Waals surface area contributed by atoms with Gasteiger partial charge in [-0.1, -0.05) is 25.1 Å². The Bertz CT molecular complexity index is 617. The molecule has 3 nitrogen and oxygen atoms in total. The standard InChI is InChI=1S/C16H15F2NO2/c1-2-15(21-12-6-4-3-5-7-12)16(20)19-14-9-8-11(17)10-13(14)18/h3-10,15H,2H2,1H3,(H,19,20)/t15-/m0/s1. The van der Waals surface area contributed by atoms with Crippen LogP contribution in [0.25, 0.3) is 0 Å². The maximum Gasteiger partial charge on any atom is 0.265 e. The Morgan fingerprint density at radius 2 is 1.90 bits per heavy atom. The highest BCUT2D eigenvalue weighted by atomic mass is 19.1. The molecule has 110 valence electrons. The predicted molar refractivity (Wildman–Crippen MR) is 76.1 cm³/mol. The molecule has 1 atom stereocenters. The van der Waals surface area contributed by atoms with Crippen LogP contribution in [0.1, 0.15) is 13.3 Å². The summed E-state index contributed by atoms with van der Waals surface area (Å²) in [5.41, 5.74) is -0.0727. The molecule has 0 aliphatic rings. The number of rotatable bonds is 5. The van der Waals surface area contributed by atoms with E-state index in [1.54, 1.807) is 31.2 Å². The summed E-state index contributed by atoms with van der Waals surface area (Å²) in [7, 11) is 0. The molecule has 0 aromatic heterocycles. The number of hydrogen-bond acceptors (Lipinski definition) is 2. The number of halogens is 2. The number of ether oxygens (including phenoxy) is 1. The van der Waals surface area contributed by atoms with Crippen LogP contribution in [0.3, 0.4) is 0 Å². The SMILES string of the molecule is CC[C@H](Oc1ccccc1)C(=O)Nc1ccc(F)cc1F. The van der Waals surface area contributed by atoms with E-state index in [0.29, 0.717) is 18.2 Å². The molecule has 2 aromatic rings. The van der Waals surface area contributed by atoms with Gasteiger partial charge in [0.05, 0.1) is 5.69 Å². The Kier molecular flexibility index (Phi) is 4.87. The third-order valence-electron chi connectivity index (χ3n) is 2.87. The van der Waals surface area contributed by atoms with Gasteiger partial charge in [0.15, 0.2) is 6.10 Å². The lowest BCUT2D eigenvalue weighted by atomic mass is 10.2. The molecule has 0 bridgehead atoms. The molecular weight excluding hydrogens is 276 g/mol. The molecule has 0 fully saturated rings. The number of anilines is 1. The Morgan fingerprint density at radius 3 is 2.52 bits per heavy atom. The molecule has 1 amide bonds. The average Bonchev–Trinajstić information content (AvgIpc) is 2.48. The highest BCUT2D eigenvalue weighted by Crippen LogP contribution is 2.17. The number of hydrogen-bond donors (Lipinski definition) is 1. The zero-order valence-corrected chi connectivity index (χ0v) is 11.5. The highest BCUT2D eigenvalue weighted by Gasteiger charge is 2.19. The van der Waals surface area contributed by atoms with Gasteiger partial charge in [0, 0.05) is 6.07 Å². The average molecular weight is 291 g/mol. The van der Waals surface area contributed by atoms with Gasteiger partial charge in [0.25, 0.3) is 5.91 Å². The fourth-order valence-corrected chi connectivity index (χ4v) is 1.79. The van der Waals surface area contributed by atoms with Crippen LogP contribution < -0.4 is 10.1 Å². The van der Waals surface area contributed by atoms with Crippen molar-refractivity contribution in [1.29, 1.82) is 0 Å². The van der Waals surface area contributed by atoms with Crippen LogP contribution in [-0.2, 0) is 4.79 Å². The van der Waals surface area contributed by atoms with E-state index >= 15 is 0 Å². The second-order valence-corrected chi connectivity index (χ2v) is 4.44. The van der Waals surface area contributed by atoms with Crippen LogP contribution in [-0.4, -0.2) is 12.0 Å². The zero-order chi connectivity index (χ0) is 15.2. The summed E-state index contributed by atoms with van der Waals surface area (Å²) in [6, 6.07) is 11.9. The third kappa shape index (κ3) is 4.02. The Labute approximate surface area is 121 Å². The van der Waals surface area contributed by atoms with Crippen LogP contribution in [0.4, 0.5) is 14.5 Å². The van der Waals surface area contributed by atoms with Crippen LogP contribution in [0.5, 0.6) is 5.75 Å². The summed E-state index contributed by atoms with van der Waals surface area (Å²) >= 11 is 0. The maximum absolute atomic E-state index is 13.5. The van der Waals surface area contributed by atoms with Crippen molar-refractivity contribution in [2.45, 2.75) is 19.4 Å². The van der Waals surface area contributed by atoms with Crippen molar-refractivity contribution in [1.82, 2.24) is 0 Å². The van der Waals surface area contributed by atoms with Crippen molar-refractivity contribution < 1.29 is 18.3 Å². The Balaban J connectivity index is 2.06. The van der Waals surface area contributed by atoms with Gasteiger partial charge in [-0.2, -0.15) is 0 Å². The van der Waals surface area contributed by atoms with Crippen molar-refractivity contribution in [2.24, 2.45) is 0 Å². The van der Waals surface area contributed by atoms with Gasteiger partial charge < -0.3 is 10.1 Å². The molecule has 2 rings (SSSR count). The fourth-order valence-electron chi connectivity index (χ4n) is 1.79. The van der Waals surface area contributed by atoms with Gasteiger partial charge in [-0.3, -0.25) is 4.79 Å². The van der Waals surface area contributed by atoms with Crippen LogP contribution >= 0.6 is 0 Å². The summed E-state index contributed by atoms with van der Waals surface area (Å²) < 4.78 is 31.9. The van der Waals surface area contributed by atoms with E-state index in [0.717, 1.165) is 6.07 Å². The van der Waals surface area contributed by atoms with Crippen molar-refractivity contribution in [3.8, 4) is 5.75 Å². The van der Waals surface area contributed by atoms with E-state index in [1.165, 1.54) is 6.07 Å². The molecule has 1 N–H and O–H groups in total. The molecule has 21 heavy (non-hydrogen) atoms. The first-order valence-corrected chi connectivity index (χ1v) is 6.57. The van der Waals surface area contributed by atoms with Crippen molar-refractivity contribution in [3.05, 3.63) is 60.2 Å². The fraction of sp³-hybridized carbons (Fsp3) is 0.188. The minimum Gasteiger partial charge on any atom is -0.481 e. The van der Waals surface area contributed by atoms with Gasteiger partial charge in [-0.25, -0.2) is 8.78 Å². The van der Waals surface area contributed by atoms with Gasteiger partial charge in [-0.05, 0) is 30.7 Å². The van der Waals surface area contributed by atoms with E-state index in [1.807, 2.05) is 6.07 Å². The molecule has 0 heterocycles. The van der Waals surface area contributed by atoms with E-state index < -0.39 is 23.6 Å². The monoisotopic (exact) mass is 291 g/mol. The molecule has 5 heteroatoms. The first kappa shape index (κ1) is 15.0. The second kappa shape index (κ2) is 6.83. The van der Waals surface area contributed by atoms with E-state index in [9.17, 15) is 13.6 Å². The minimum absolute atomic E-state index is 0.0727. The molecule has 0 spiro atoms. The van der Waals surface area contributed by atoms with Crippen LogP contribution in [0.2, 0.25) is 0 Å². The number of benzene rings is 2. The van der Waals surface area contributed by atoms with Crippen LogP contribution in [0, 0.1) is 11.6 Å². The number of amides is 1. The molecule has 0 saturated heterocycles. The van der Waals surface area contributed by atoms with Gasteiger partial charge in [0.1, 0.15) is 17.4 Å².